The molecule has 0 aromatic heterocycles. The van der Waals surface area contributed by atoms with Crippen molar-refractivity contribution in [2.75, 3.05) is 27.2 Å². The van der Waals surface area contributed by atoms with Gasteiger partial charge in [0.05, 0.1) is 11.6 Å². The normalized spacial score (nSPS) is 27.6. The first kappa shape index (κ1) is 15.6. The SMILES string of the molecule is CN1CCc2cc3c(cc2C1C1OC(O)c2c1ccc1c2OCO1)OCO3. The predicted molar refractivity (Wildman–Crippen MR) is 93.0 cm³/mol. The van der Waals surface area contributed by atoms with Crippen LogP contribution in [0, 0.1) is 0 Å². The van der Waals surface area contributed by atoms with E-state index in [1.54, 1.807) is 0 Å². The predicted octanol–water partition coefficient (Wildman–Crippen LogP) is 2.44. The van der Waals surface area contributed by atoms with E-state index in [-0.39, 0.29) is 25.7 Å². The summed E-state index contributed by atoms with van der Waals surface area (Å²) < 4.78 is 28.2. The molecule has 6 rings (SSSR count). The molecule has 4 heterocycles. The number of aliphatic hydroxyl groups excluding tert-OH is 1. The van der Waals surface area contributed by atoms with Gasteiger partial charge in [-0.3, -0.25) is 4.90 Å². The van der Waals surface area contributed by atoms with Gasteiger partial charge in [-0.05, 0) is 48.4 Å². The Bertz CT molecular complexity index is 945. The molecule has 7 heteroatoms. The molecular formula is C20H19NO6. The first-order valence-corrected chi connectivity index (χ1v) is 9.09. The molecule has 0 saturated heterocycles. The standard InChI is InChI=1S/C20H19NO6/c1-21-5-4-10-6-14-15(25-8-24-14)7-12(10)17(21)18-11-2-3-13-19(26-9-23-13)16(11)20(22)27-18/h2-3,6-7,17-18,20,22H,4-5,8-9H2,1H3. The lowest BCUT2D eigenvalue weighted by molar-refractivity contribution is -0.142. The molecule has 0 radical (unpaired) electrons. The van der Waals surface area contributed by atoms with Gasteiger partial charge in [0, 0.05) is 6.54 Å². The largest absolute Gasteiger partial charge is 0.454 e. The molecule has 3 atom stereocenters. The second-order valence-corrected chi connectivity index (χ2v) is 7.29. The summed E-state index contributed by atoms with van der Waals surface area (Å²) in [4.78, 5) is 2.27. The summed E-state index contributed by atoms with van der Waals surface area (Å²) in [6.45, 7) is 1.32. The molecule has 1 N–H and O–H groups in total. The van der Waals surface area contributed by atoms with Crippen molar-refractivity contribution < 1.29 is 28.8 Å². The second kappa shape index (κ2) is 5.51. The third kappa shape index (κ3) is 2.13. The zero-order chi connectivity index (χ0) is 18.1. The third-order valence-corrected chi connectivity index (χ3v) is 5.89. The number of likely N-dealkylation sites (N-methyl/N-ethyl adjacent to an activating group) is 1. The van der Waals surface area contributed by atoms with Crippen LogP contribution >= 0.6 is 0 Å². The summed E-state index contributed by atoms with van der Waals surface area (Å²) in [7, 11) is 2.08. The molecule has 0 amide bonds. The summed E-state index contributed by atoms with van der Waals surface area (Å²) in [5, 5.41) is 10.6. The number of fused-ring (bicyclic) bond motifs is 5. The van der Waals surface area contributed by atoms with Gasteiger partial charge in [0.25, 0.3) is 0 Å². The molecule has 3 unspecified atom stereocenters. The Morgan fingerprint density at radius 1 is 0.963 bits per heavy atom. The van der Waals surface area contributed by atoms with Gasteiger partial charge in [-0.25, -0.2) is 0 Å². The molecule has 0 aliphatic carbocycles. The van der Waals surface area contributed by atoms with Gasteiger partial charge in [-0.2, -0.15) is 0 Å². The monoisotopic (exact) mass is 369 g/mol. The average Bonchev–Trinajstić information content (AvgIpc) is 3.38. The van der Waals surface area contributed by atoms with Crippen molar-refractivity contribution in [3.63, 3.8) is 0 Å². The molecule has 27 heavy (non-hydrogen) atoms. The molecule has 0 fully saturated rings. The summed E-state index contributed by atoms with van der Waals surface area (Å²) >= 11 is 0. The molecule has 0 saturated carbocycles. The van der Waals surface area contributed by atoms with E-state index in [0.29, 0.717) is 17.1 Å². The number of rotatable bonds is 1. The van der Waals surface area contributed by atoms with Crippen LogP contribution in [0.3, 0.4) is 0 Å². The molecule has 0 bridgehead atoms. The fourth-order valence-electron chi connectivity index (χ4n) is 4.60. The smallest absolute Gasteiger partial charge is 0.231 e. The van der Waals surface area contributed by atoms with Crippen LogP contribution in [-0.4, -0.2) is 37.2 Å². The topological polar surface area (TPSA) is 69.6 Å². The van der Waals surface area contributed by atoms with Crippen molar-refractivity contribution >= 4 is 0 Å². The molecule has 4 aliphatic rings. The maximum absolute atomic E-state index is 10.6. The Kier molecular flexibility index (Phi) is 3.18. The average molecular weight is 369 g/mol. The quantitative estimate of drug-likeness (QED) is 0.828. The third-order valence-electron chi connectivity index (χ3n) is 5.89. The van der Waals surface area contributed by atoms with Gasteiger partial charge in [-0.1, -0.05) is 6.07 Å². The maximum atomic E-state index is 10.6. The number of hydrogen-bond acceptors (Lipinski definition) is 7. The van der Waals surface area contributed by atoms with Crippen molar-refractivity contribution in [2.24, 2.45) is 0 Å². The Hall–Kier alpha value is -2.48. The minimum Gasteiger partial charge on any atom is -0.454 e. The van der Waals surface area contributed by atoms with Gasteiger partial charge in [0.1, 0.15) is 6.10 Å². The van der Waals surface area contributed by atoms with Crippen LogP contribution in [0.1, 0.15) is 40.7 Å². The van der Waals surface area contributed by atoms with Crippen molar-refractivity contribution in [2.45, 2.75) is 24.9 Å². The maximum Gasteiger partial charge on any atom is 0.231 e. The van der Waals surface area contributed by atoms with Crippen LogP contribution in [0.15, 0.2) is 24.3 Å². The number of aliphatic hydroxyl groups is 1. The molecular weight excluding hydrogens is 350 g/mol. The van der Waals surface area contributed by atoms with E-state index in [4.69, 9.17) is 23.7 Å². The summed E-state index contributed by atoms with van der Waals surface area (Å²) in [5.74, 6) is 2.80. The van der Waals surface area contributed by atoms with E-state index in [2.05, 4.69) is 24.1 Å². The Morgan fingerprint density at radius 3 is 2.63 bits per heavy atom. The lowest BCUT2D eigenvalue weighted by Gasteiger charge is -2.38. The van der Waals surface area contributed by atoms with Crippen molar-refractivity contribution in [3.8, 4) is 23.0 Å². The fraction of sp³-hybridized carbons (Fsp3) is 0.400. The van der Waals surface area contributed by atoms with E-state index >= 15 is 0 Å². The van der Waals surface area contributed by atoms with Crippen molar-refractivity contribution in [1.29, 1.82) is 0 Å². The van der Waals surface area contributed by atoms with Crippen LogP contribution in [0.5, 0.6) is 23.0 Å². The van der Waals surface area contributed by atoms with Crippen LogP contribution in [-0.2, 0) is 11.2 Å². The molecule has 140 valence electrons. The van der Waals surface area contributed by atoms with Gasteiger partial charge in [-0.15, -0.1) is 0 Å². The van der Waals surface area contributed by atoms with Crippen molar-refractivity contribution in [3.05, 3.63) is 46.5 Å². The van der Waals surface area contributed by atoms with Crippen LogP contribution in [0.25, 0.3) is 0 Å². The van der Waals surface area contributed by atoms with Crippen molar-refractivity contribution in [1.82, 2.24) is 4.90 Å². The van der Waals surface area contributed by atoms with Gasteiger partial charge in [0.15, 0.2) is 29.3 Å². The molecule has 2 aromatic rings. The van der Waals surface area contributed by atoms with E-state index < -0.39 is 6.29 Å². The first-order chi connectivity index (χ1) is 13.2. The highest BCUT2D eigenvalue weighted by atomic mass is 16.7. The van der Waals surface area contributed by atoms with Crippen LogP contribution in [0.2, 0.25) is 0 Å². The van der Waals surface area contributed by atoms with E-state index in [1.165, 1.54) is 5.56 Å². The Morgan fingerprint density at radius 2 is 1.74 bits per heavy atom. The van der Waals surface area contributed by atoms with Crippen LogP contribution < -0.4 is 18.9 Å². The number of hydrogen-bond donors (Lipinski definition) is 1. The Balaban J connectivity index is 1.48. The number of benzene rings is 2. The second-order valence-electron chi connectivity index (χ2n) is 7.29. The number of ether oxygens (including phenoxy) is 5. The summed E-state index contributed by atoms with van der Waals surface area (Å²) in [5.41, 5.74) is 4.00. The van der Waals surface area contributed by atoms with Crippen LogP contribution in [0.4, 0.5) is 0 Å². The zero-order valence-corrected chi connectivity index (χ0v) is 14.8. The van der Waals surface area contributed by atoms with E-state index in [1.807, 2.05) is 12.1 Å². The lowest BCUT2D eigenvalue weighted by atomic mass is 9.86. The molecule has 7 nitrogen and oxygen atoms in total. The highest BCUT2D eigenvalue weighted by molar-refractivity contribution is 5.56. The highest BCUT2D eigenvalue weighted by Gasteiger charge is 2.44. The minimum absolute atomic E-state index is 0.0421. The minimum atomic E-state index is -1.03. The van der Waals surface area contributed by atoms with Gasteiger partial charge in [0.2, 0.25) is 13.6 Å². The number of nitrogens with zero attached hydrogens (tertiary/aromatic N) is 1. The fourth-order valence-corrected chi connectivity index (χ4v) is 4.60. The van der Waals surface area contributed by atoms with Gasteiger partial charge >= 0.3 is 0 Å². The highest BCUT2D eigenvalue weighted by Crippen LogP contribution is 2.54. The lowest BCUT2D eigenvalue weighted by Crippen LogP contribution is -2.35. The zero-order valence-electron chi connectivity index (χ0n) is 14.8. The molecule has 4 aliphatic heterocycles. The first-order valence-electron chi connectivity index (χ1n) is 9.09. The summed E-state index contributed by atoms with van der Waals surface area (Å²) in [6, 6.07) is 7.94. The van der Waals surface area contributed by atoms with E-state index in [9.17, 15) is 5.11 Å². The molecule has 0 spiro atoms. The summed E-state index contributed by atoms with van der Waals surface area (Å²) in [6.07, 6.45) is -0.411. The molecule has 2 aromatic carbocycles. The van der Waals surface area contributed by atoms with Gasteiger partial charge < -0.3 is 28.8 Å². The Labute approximate surface area is 156 Å². The van der Waals surface area contributed by atoms with E-state index in [0.717, 1.165) is 35.6 Å².